The first-order valence-corrected chi connectivity index (χ1v) is 18.5. The molecule has 10 aromatic rings. The Morgan fingerprint density at radius 3 is 1.56 bits per heavy atom. The molecule has 0 saturated heterocycles. The van der Waals surface area contributed by atoms with Crippen molar-refractivity contribution in [2.75, 3.05) is 4.90 Å². The fourth-order valence-electron chi connectivity index (χ4n) is 7.69. The zero-order valence-corrected chi connectivity index (χ0v) is 29.9. The number of fused-ring (bicyclic) bond motifs is 5. The van der Waals surface area contributed by atoms with Crippen molar-refractivity contribution in [1.82, 2.24) is 15.0 Å². The van der Waals surface area contributed by atoms with Gasteiger partial charge >= 0.3 is 0 Å². The molecule has 4 nitrogen and oxygen atoms in total. The molecular formula is C51H34N4. The second kappa shape index (κ2) is 13.8. The van der Waals surface area contributed by atoms with Crippen LogP contribution in [0.15, 0.2) is 206 Å². The summed E-state index contributed by atoms with van der Waals surface area (Å²) in [5.74, 6) is 0.692. The summed E-state index contributed by atoms with van der Waals surface area (Å²) < 4.78 is 0. The number of nitrogens with zero attached hydrogens (tertiary/aromatic N) is 4. The molecule has 0 bridgehead atoms. The minimum Gasteiger partial charge on any atom is -0.310 e. The maximum absolute atomic E-state index is 5.47. The van der Waals surface area contributed by atoms with Gasteiger partial charge in [-0.25, -0.2) is 15.0 Å². The molecule has 2 heterocycles. The van der Waals surface area contributed by atoms with Gasteiger partial charge in [-0.05, 0) is 53.2 Å². The van der Waals surface area contributed by atoms with Crippen molar-refractivity contribution in [2.45, 2.75) is 0 Å². The van der Waals surface area contributed by atoms with Crippen LogP contribution < -0.4 is 4.90 Å². The van der Waals surface area contributed by atoms with Crippen molar-refractivity contribution in [3.8, 4) is 45.2 Å². The summed E-state index contributed by atoms with van der Waals surface area (Å²) in [6.45, 7) is 0. The molecule has 2 aromatic heterocycles. The lowest BCUT2D eigenvalue weighted by molar-refractivity contribution is 1.19. The Kier molecular flexibility index (Phi) is 8.12. The maximum Gasteiger partial charge on any atom is 0.160 e. The van der Waals surface area contributed by atoms with Gasteiger partial charge in [0.15, 0.2) is 5.82 Å². The number of pyridine rings is 1. The molecule has 10 rings (SSSR count). The molecule has 4 heteroatoms. The van der Waals surface area contributed by atoms with Crippen LogP contribution >= 0.6 is 0 Å². The van der Waals surface area contributed by atoms with Crippen LogP contribution in [0.5, 0.6) is 0 Å². The number of hydrogen-bond donors (Lipinski definition) is 0. The number of rotatable bonds is 7. The lowest BCUT2D eigenvalue weighted by Crippen LogP contribution is -2.09. The number of para-hydroxylation sites is 2. The molecule has 0 atom stereocenters. The van der Waals surface area contributed by atoms with Crippen molar-refractivity contribution in [2.24, 2.45) is 0 Å². The number of anilines is 3. The lowest BCUT2D eigenvalue weighted by Gasteiger charge is -2.26. The van der Waals surface area contributed by atoms with E-state index in [-0.39, 0.29) is 0 Å². The number of hydrogen-bond acceptors (Lipinski definition) is 4. The van der Waals surface area contributed by atoms with Crippen LogP contribution in [0.2, 0.25) is 0 Å². The molecule has 0 aliphatic carbocycles. The van der Waals surface area contributed by atoms with Gasteiger partial charge in [0, 0.05) is 55.5 Å². The van der Waals surface area contributed by atoms with E-state index in [1.165, 1.54) is 0 Å². The molecule has 0 saturated carbocycles. The fraction of sp³-hybridized carbons (Fsp3) is 0. The number of benzene rings is 8. The van der Waals surface area contributed by atoms with Gasteiger partial charge in [0.1, 0.15) is 0 Å². The Bertz CT molecular complexity index is 2850. The molecule has 0 fully saturated rings. The van der Waals surface area contributed by atoms with E-state index in [0.29, 0.717) is 5.82 Å². The average Bonchev–Trinajstić information content (AvgIpc) is 3.27. The van der Waals surface area contributed by atoms with Gasteiger partial charge in [-0.3, -0.25) is 0 Å². The Balaban J connectivity index is 1.28. The monoisotopic (exact) mass is 702 g/mol. The van der Waals surface area contributed by atoms with E-state index in [1.54, 1.807) is 0 Å². The molecular weight excluding hydrogens is 669 g/mol. The first kappa shape index (κ1) is 32.2. The summed E-state index contributed by atoms with van der Waals surface area (Å²) in [6.07, 6.45) is 0. The van der Waals surface area contributed by atoms with Crippen molar-refractivity contribution in [3.63, 3.8) is 0 Å². The van der Waals surface area contributed by atoms with Gasteiger partial charge in [0.25, 0.3) is 0 Å². The zero-order valence-electron chi connectivity index (χ0n) is 29.9. The van der Waals surface area contributed by atoms with Crippen LogP contribution in [0.3, 0.4) is 0 Å². The third-order valence-electron chi connectivity index (χ3n) is 10.2. The minimum atomic E-state index is 0.692. The normalized spacial score (nSPS) is 11.3. The van der Waals surface area contributed by atoms with E-state index in [0.717, 1.165) is 88.8 Å². The van der Waals surface area contributed by atoms with Gasteiger partial charge < -0.3 is 4.90 Å². The summed E-state index contributed by atoms with van der Waals surface area (Å²) in [5, 5.41) is 5.60. The number of aromatic nitrogens is 3. The van der Waals surface area contributed by atoms with E-state index in [2.05, 4.69) is 187 Å². The molecule has 0 amide bonds. The molecule has 0 aliphatic rings. The third-order valence-corrected chi connectivity index (χ3v) is 10.2. The van der Waals surface area contributed by atoms with Gasteiger partial charge in [0.2, 0.25) is 0 Å². The van der Waals surface area contributed by atoms with E-state index in [1.807, 2.05) is 24.3 Å². The predicted octanol–water partition coefficient (Wildman–Crippen LogP) is 13.5. The Labute approximate surface area is 319 Å². The Morgan fingerprint density at radius 2 is 0.909 bits per heavy atom. The summed E-state index contributed by atoms with van der Waals surface area (Å²) in [4.78, 5) is 18.1. The summed E-state index contributed by atoms with van der Waals surface area (Å²) in [7, 11) is 0. The smallest absolute Gasteiger partial charge is 0.160 e. The molecule has 0 unspecified atom stereocenters. The molecule has 8 aromatic carbocycles. The van der Waals surface area contributed by atoms with Gasteiger partial charge in [-0.15, -0.1) is 0 Å². The van der Waals surface area contributed by atoms with Crippen molar-refractivity contribution in [3.05, 3.63) is 206 Å². The highest BCUT2D eigenvalue weighted by atomic mass is 15.1. The Hall–Kier alpha value is -7.43. The highest BCUT2D eigenvalue weighted by molar-refractivity contribution is 6.26. The second-order valence-electron chi connectivity index (χ2n) is 13.6. The molecule has 0 radical (unpaired) electrons. The summed E-state index contributed by atoms with van der Waals surface area (Å²) in [6, 6.07) is 72.0. The van der Waals surface area contributed by atoms with Crippen LogP contribution in [0.25, 0.3) is 77.6 Å². The van der Waals surface area contributed by atoms with E-state index in [9.17, 15) is 0 Å². The van der Waals surface area contributed by atoms with Crippen LogP contribution in [0.1, 0.15) is 0 Å². The van der Waals surface area contributed by atoms with Gasteiger partial charge in [0.05, 0.1) is 22.6 Å². The molecule has 258 valence electrons. The quantitative estimate of drug-likeness (QED) is 0.155. The second-order valence-corrected chi connectivity index (χ2v) is 13.6. The molecule has 0 aliphatic heterocycles. The van der Waals surface area contributed by atoms with Crippen LogP contribution in [-0.2, 0) is 0 Å². The van der Waals surface area contributed by atoms with Crippen molar-refractivity contribution >= 4 is 49.5 Å². The topological polar surface area (TPSA) is 41.9 Å². The first-order chi connectivity index (χ1) is 27.3. The molecule has 0 spiro atoms. The lowest BCUT2D eigenvalue weighted by atomic mass is 9.91. The van der Waals surface area contributed by atoms with E-state index in [4.69, 9.17) is 15.0 Å². The SMILES string of the molecule is c1ccc(-c2cc(-c3cccc4ccc5c(-c6ccccc6)nc6cc(N(c7ccccc7)c7ccccc7)ccc6c5c34)nc(-c3ccccc3)n2)cc1. The maximum atomic E-state index is 5.47. The standard InChI is InChI=1S/C51H34N4/c1-6-17-35(18-7-1)45-34-47(54-51(53-45)38-21-10-3-11-22-38)42-28-16-23-36-29-31-44-49(48(36)42)43-32-30-41(33-46(43)52-50(44)37-19-8-2-9-20-37)55(39-24-12-4-13-25-39)40-26-14-5-15-27-40/h1-34H. The highest BCUT2D eigenvalue weighted by Gasteiger charge is 2.20. The van der Waals surface area contributed by atoms with Crippen molar-refractivity contribution < 1.29 is 0 Å². The highest BCUT2D eigenvalue weighted by Crippen LogP contribution is 2.43. The summed E-state index contributed by atoms with van der Waals surface area (Å²) in [5.41, 5.74) is 10.9. The van der Waals surface area contributed by atoms with Crippen LogP contribution in [-0.4, -0.2) is 15.0 Å². The van der Waals surface area contributed by atoms with E-state index < -0.39 is 0 Å². The van der Waals surface area contributed by atoms with E-state index >= 15 is 0 Å². The third kappa shape index (κ3) is 5.96. The first-order valence-electron chi connectivity index (χ1n) is 18.5. The zero-order chi connectivity index (χ0) is 36.6. The van der Waals surface area contributed by atoms with Gasteiger partial charge in [-0.1, -0.05) is 164 Å². The van der Waals surface area contributed by atoms with Crippen LogP contribution in [0, 0.1) is 0 Å². The van der Waals surface area contributed by atoms with Crippen LogP contribution in [0.4, 0.5) is 17.1 Å². The molecule has 0 N–H and O–H groups in total. The predicted molar refractivity (Wildman–Crippen MR) is 229 cm³/mol. The average molecular weight is 703 g/mol. The minimum absolute atomic E-state index is 0.692. The summed E-state index contributed by atoms with van der Waals surface area (Å²) >= 11 is 0. The fourth-order valence-corrected chi connectivity index (χ4v) is 7.69. The van der Waals surface area contributed by atoms with Crippen molar-refractivity contribution in [1.29, 1.82) is 0 Å². The molecule has 55 heavy (non-hydrogen) atoms. The largest absolute Gasteiger partial charge is 0.310 e. The van der Waals surface area contributed by atoms with Gasteiger partial charge in [-0.2, -0.15) is 0 Å². The Morgan fingerprint density at radius 1 is 0.345 bits per heavy atom.